The molecule has 0 bridgehead atoms. The molecule has 1 saturated heterocycles. The minimum Gasteiger partial charge on any atom is -0.486 e. The first-order valence-corrected chi connectivity index (χ1v) is 11.4. The van der Waals surface area contributed by atoms with E-state index in [9.17, 15) is 14.4 Å². The third kappa shape index (κ3) is 4.19. The van der Waals surface area contributed by atoms with Crippen LogP contribution in [-0.2, 0) is 9.59 Å². The van der Waals surface area contributed by atoms with Crippen molar-refractivity contribution in [1.82, 2.24) is 4.98 Å². The number of carbonyl (C=O) groups is 3. The maximum absolute atomic E-state index is 12.9. The molecular formula is C24H21N3O5S. The molecule has 5 rings (SSSR count). The van der Waals surface area contributed by atoms with E-state index in [1.807, 2.05) is 30.3 Å². The number of thiazole rings is 1. The van der Waals surface area contributed by atoms with Gasteiger partial charge in [-0.2, -0.15) is 0 Å². The van der Waals surface area contributed by atoms with E-state index in [4.69, 9.17) is 9.47 Å². The summed E-state index contributed by atoms with van der Waals surface area (Å²) in [7, 11) is 0. The molecule has 2 aromatic carbocycles. The van der Waals surface area contributed by atoms with Gasteiger partial charge in [0.2, 0.25) is 11.8 Å². The van der Waals surface area contributed by atoms with E-state index in [1.54, 1.807) is 23.1 Å². The summed E-state index contributed by atoms with van der Waals surface area (Å²) in [6.45, 7) is 2.68. The first kappa shape index (κ1) is 21.1. The van der Waals surface area contributed by atoms with E-state index in [0.717, 1.165) is 16.9 Å². The molecule has 3 heterocycles. The second kappa shape index (κ2) is 8.67. The summed E-state index contributed by atoms with van der Waals surface area (Å²) in [4.78, 5) is 44.3. The molecule has 8 nitrogen and oxygen atoms in total. The number of amides is 2. The Morgan fingerprint density at radius 2 is 1.85 bits per heavy atom. The van der Waals surface area contributed by atoms with Crippen LogP contribution in [0, 0.1) is 5.92 Å². The van der Waals surface area contributed by atoms with Crippen LogP contribution in [0.2, 0.25) is 0 Å². The zero-order valence-corrected chi connectivity index (χ0v) is 18.7. The number of benzene rings is 2. The van der Waals surface area contributed by atoms with Crippen LogP contribution in [0.5, 0.6) is 11.5 Å². The highest BCUT2D eigenvalue weighted by Crippen LogP contribution is 2.36. The molecule has 0 aliphatic carbocycles. The van der Waals surface area contributed by atoms with Crippen molar-refractivity contribution in [3.8, 4) is 22.8 Å². The molecule has 2 amide bonds. The largest absolute Gasteiger partial charge is 0.486 e. The third-order valence-electron chi connectivity index (χ3n) is 5.56. The van der Waals surface area contributed by atoms with Gasteiger partial charge in [-0.05, 0) is 12.1 Å². The number of rotatable bonds is 5. The summed E-state index contributed by atoms with van der Waals surface area (Å²) in [5, 5.41) is 3.15. The number of carbonyl (C=O) groups excluding carboxylic acids is 3. The highest BCUT2D eigenvalue weighted by atomic mass is 32.1. The lowest BCUT2D eigenvalue weighted by Gasteiger charge is -2.22. The minimum atomic E-state index is -0.532. The summed E-state index contributed by atoms with van der Waals surface area (Å²) in [6, 6.07) is 14.7. The van der Waals surface area contributed by atoms with Crippen LogP contribution >= 0.6 is 11.3 Å². The number of ketones is 1. The molecule has 0 spiro atoms. The average Bonchev–Trinajstić information content (AvgIpc) is 3.43. The Bertz CT molecular complexity index is 1240. The second-order valence-electron chi connectivity index (χ2n) is 7.84. The Morgan fingerprint density at radius 3 is 2.61 bits per heavy atom. The van der Waals surface area contributed by atoms with Crippen molar-refractivity contribution in [1.29, 1.82) is 0 Å². The average molecular weight is 464 g/mol. The van der Waals surface area contributed by atoms with Gasteiger partial charge in [-0.1, -0.05) is 41.7 Å². The number of aromatic nitrogens is 1. The van der Waals surface area contributed by atoms with Crippen molar-refractivity contribution in [2.45, 2.75) is 13.3 Å². The molecule has 0 unspecified atom stereocenters. The van der Waals surface area contributed by atoms with Gasteiger partial charge in [0.25, 0.3) is 0 Å². The number of nitrogens with one attached hydrogen (secondary N) is 1. The van der Waals surface area contributed by atoms with E-state index < -0.39 is 5.92 Å². The first-order chi connectivity index (χ1) is 16.0. The number of hydrogen-bond acceptors (Lipinski definition) is 7. The van der Waals surface area contributed by atoms with Gasteiger partial charge in [0.05, 0.1) is 16.5 Å². The van der Waals surface area contributed by atoms with Gasteiger partial charge < -0.3 is 19.7 Å². The lowest BCUT2D eigenvalue weighted by molar-refractivity contribution is -0.122. The molecule has 1 aromatic heterocycles. The van der Waals surface area contributed by atoms with E-state index in [0.29, 0.717) is 46.1 Å². The number of nitrogens with zero attached hydrogens (tertiary/aromatic N) is 2. The summed E-state index contributed by atoms with van der Waals surface area (Å²) >= 11 is 1.14. The van der Waals surface area contributed by atoms with Crippen molar-refractivity contribution in [2.24, 2.45) is 5.92 Å². The van der Waals surface area contributed by atoms with Gasteiger partial charge in [0, 0.05) is 37.2 Å². The molecule has 1 N–H and O–H groups in total. The normalized spacial score (nSPS) is 17.2. The van der Waals surface area contributed by atoms with Crippen LogP contribution in [0.15, 0.2) is 48.5 Å². The van der Waals surface area contributed by atoms with Crippen molar-refractivity contribution in [3.63, 3.8) is 0 Å². The zero-order valence-electron chi connectivity index (χ0n) is 17.9. The van der Waals surface area contributed by atoms with Gasteiger partial charge in [0.15, 0.2) is 22.4 Å². The van der Waals surface area contributed by atoms with Crippen molar-refractivity contribution in [2.75, 3.05) is 30.0 Å². The predicted octanol–water partition coefficient (Wildman–Crippen LogP) is 3.78. The van der Waals surface area contributed by atoms with E-state index >= 15 is 0 Å². The van der Waals surface area contributed by atoms with Crippen molar-refractivity contribution >= 4 is 39.8 Å². The molecule has 0 radical (unpaired) electrons. The Kier molecular flexibility index (Phi) is 5.55. The van der Waals surface area contributed by atoms with Crippen LogP contribution in [0.3, 0.4) is 0 Å². The molecule has 2 aliphatic heterocycles. The van der Waals surface area contributed by atoms with E-state index in [1.165, 1.54) is 6.92 Å². The molecular weight excluding hydrogens is 442 g/mol. The molecule has 9 heteroatoms. The van der Waals surface area contributed by atoms with Crippen LogP contribution in [0.4, 0.5) is 10.8 Å². The molecule has 168 valence electrons. The highest BCUT2D eigenvalue weighted by Gasteiger charge is 2.36. The molecule has 1 fully saturated rings. The predicted molar refractivity (Wildman–Crippen MR) is 124 cm³/mol. The van der Waals surface area contributed by atoms with Gasteiger partial charge in [-0.25, -0.2) is 4.98 Å². The van der Waals surface area contributed by atoms with Gasteiger partial charge >= 0.3 is 0 Å². The topological polar surface area (TPSA) is 97.8 Å². The summed E-state index contributed by atoms with van der Waals surface area (Å²) in [6.07, 6.45) is 0.0940. The lowest BCUT2D eigenvalue weighted by Crippen LogP contribution is -2.28. The summed E-state index contributed by atoms with van der Waals surface area (Å²) in [5.41, 5.74) is 2.02. The molecule has 2 aliphatic rings. The SMILES string of the molecule is CC(=O)c1sc(NC(=O)[C@H]2CC(=O)N(c3ccc4c(c3)OCCO4)C2)nc1-c1ccccc1. The second-order valence-corrected chi connectivity index (χ2v) is 8.84. The highest BCUT2D eigenvalue weighted by molar-refractivity contribution is 7.18. The number of ether oxygens (including phenoxy) is 2. The Labute approximate surface area is 194 Å². The van der Waals surface area contributed by atoms with Crippen molar-refractivity contribution < 1.29 is 23.9 Å². The zero-order chi connectivity index (χ0) is 22.9. The van der Waals surface area contributed by atoms with Crippen LogP contribution in [0.1, 0.15) is 23.0 Å². The number of hydrogen-bond donors (Lipinski definition) is 1. The maximum atomic E-state index is 12.9. The fourth-order valence-corrected chi connectivity index (χ4v) is 4.83. The summed E-state index contributed by atoms with van der Waals surface area (Å²) < 4.78 is 11.1. The summed E-state index contributed by atoms with van der Waals surface area (Å²) in [5.74, 6) is 0.146. The van der Waals surface area contributed by atoms with Gasteiger partial charge in [-0.3, -0.25) is 14.4 Å². The van der Waals surface area contributed by atoms with Gasteiger partial charge in [0.1, 0.15) is 13.2 Å². The standard InChI is InChI=1S/C24H21N3O5S/c1-14(28)22-21(15-5-3-2-4-6-15)25-24(33-22)26-23(30)16-11-20(29)27(13-16)17-7-8-18-19(12-17)32-10-9-31-18/h2-8,12,16H,9-11,13H2,1H3,(H,25,26,30)/t16-/m0/s1. The lowest BCUT2D eigenvalue weighted by atomic mass is 10.1. The maximum Gasteiger partial charge on any atom is 0.231 e. The smallest absolute Gasteiger partial charge is 0.231 e. The van der Waals surface area contributed by atoms with Gasteiger partial charge in [-0.15, -0.1) is 0 Å². The fraction of sp³-hybridized carbons (Fsp3) is 0.250. The molecule has 3 aromatic rings. The number of fused-ring (bicyclic) bond motifs is 1. The van der Waals surface area contributed by atoms with E-state index in [2.05, 4.69) is 10.3 Å². The van der Waals surface area contributed by atoms with Crippen LogP contribution in [0.25, 0.3) is 11.3 Å². The Morgan fingerprint density at radius 1 is 1.09 bits per heavy atom. The fourth-order valence-electron chi connectivity index (χ4n) is 3.94. The Hall–Kier alpha value is -3.72. The van der Waals surface area contributed by atoms with Crippen molar-refractivity contribution in [3.05, 3.63) is 53.4 Å². The molecule has 0 saturated carbocycles. The van der Waals surface area contributed by atoms with Crippen LogP contribution in [-0.4, -0.2) is 42.3 Å². The molecule has 33 heavy (non-hydrogen) atoms. The van der Waals surface area contributed by atoms with E-state index in [-0.39, 0.29) is 30.6 Å². The quantitative estimate of drug-likeness (QED) is 0.579. The third-order valence-corrected chi connectivity index (χ3v) is 6.63. The molecule has 1 atom stereocenters. The number of Topliss-reactive ketones (excluding diaryl/α,β-unsaturated/α-hetero) is 1. The number of anilines is 2. The Balaban J connectivity index is 1.32. The first-order valence-electron chi connectivity index (χ1n) is 10.6. The minimum absolute atomic E-state index is 0.0940. The van der Waals surface area contributed by atoms with Crippen LogP contribution < -0.4 is 19.7 Å². The monoisotopic (exact) mass is 463 g/mol.